The lowest BCUT2D eigenvalue weighted by Crippen LogP contribution is -2.46. The lowest BCUT2D eigenvalue weighted by atomic mass is 9.89. The molecule has 2 aromatic rings. The number of aliphatic imine (C=N–C) groups is 1. The van der Waals surface area contributed by atoms with Crippen LogP contribution in [-0.4, -0.2) is 45.2 Å². The second-order valence-electron chi connectivity index (χ2n) is 8.34. The maximum atomic E-state index is 12.8. The molecule has 2 aromatic carbocycles. The van der Waals surface area contributed by atoms with Crippen LogP contribution in [0.15, 0.2) is 53.5 Å². The maximum Gasteiger partial charge on any atom is 0.246 e. The van der Waals surface area contributed by atoms with E-state index >= 15 is 0 Å². The van der Waals surface area contributed by atoms with E-state index in [0.29, 0.717) is 11.9 Å². The number of carbonyl (C=O) groups excluding carboxylic acids is 1. The van der Waals surface area contributed by atoms with E-state index in [1.807, 2.05) is 23.1 Å². The summed E-state index contributed by atoms with van der Waals surface area (Å²) in [4.78, 5) is 18.9. The summed E-state index contributed by atoms with van der Waals surface area (Å²) in [7, 11) is 1.74. The first-order valence-corrected chi connectivity index (χ1v) is 11.2. The standard InChI is InChI=1S/C25H32N4O2.HI/c1-18-9-11-20(12-10-18)24-21(7-5-15-31-24)16-27-25(26-2)28-17-23(30)29-14-13-19-6-3-4-8-22(19)29;/h3-4,6,8-12,21,24H,5,7,13-17H2,1-2H3,(H2,26,27,28);1H. The molecule has 172 valence electrons. The topological polar surface area (TPSA) is 66.0 Å². The van der Waals surface area contributed by atoms with Crippen molar-refractivity contribution in [2.75, 3.05) is 38.2 Å². The van der Waals surface area contributed by atoms with E-state index in [-0.39, 0.29) is 42.5 Å². The van der Waals surface area contributed by atoms with Crippen LogP contribution in [0.4, 0.5) is 5.69 Å². The van der Waals surface area contributed by atoms with Gasteiger partial charge in [-0.2, -0.15) is 0 Å². The van der Waals surface area contributed by atoms with Gasteiger partial charge in [0.05, 0.1) is 12.6 Å². The number of nitrogens with one attached hydrogen (secondary N) is 2. The quantitative estimate of drug-likeness (QED) is 0.339. The summed E-state index contributed by atoms with van der Waals surface area (Å²) in [5.41, 5.74) is 4.74. The van der Waals surface area contributed by atoms with Crippen molar-refractivity contribution in [3.8, 4) is 0 Å². The summed E-state index contributed by atoms with van der Waals surface area (Å²) < 4.78 is 6.12. The molecule has 2 aliphatic rings. The number of para-hydroxylation sites is 1. The van der Waals surface area contributed by atoms with Gasteiger partial charge in [-0.05, 0) is 43.4 Å². The number of guanidine groups is 1. The molecule has 1 amide bonds. The van der Waals surface area contributed by atoms with E-state index in [1.54, 1.807) is 7.05 Å². The van der Waals surface area contributed by atoms with Crippen molar-refractivity contribution in [2.24, 2.45) is 10.9 Å². The smallest absolute Gasteiger partial charge is 0.246 e. The molecule has 1 fully saturated rings. The maximum absolute atomic E-state index is 12.8. The highest BCUT2D eigenvalue weighted by Crippen LogP contribution is 2.33. The summed E-state index contributed by atoms with van der Waals surface area (Å²) in [6.45, 7) is 4.61. The predicted octanol–water partition coefficient (Wildman–Crippen LogP) is 3.84. The Morgan fingerprint density at radius 3 is 2.72 bits per heavy atom. The van der Waals surface area contributed by atoms with Crippen LogP contribution in [0.2, 0.25) is 0 Å². The first-order chi connectivity index (χ1) is 15.2. The van der Waals surface area contributed by atoms with E-state index in [2.05, 4.69) is 52.9 Å². The average molecular weight is 548 g/mol. The van der Waals surface area contributed by atoms with Crippen molar-refractivity contribution in [1.82, 2.24) is 10.6 Å². The monoisotopic (exact) mass is 548 g/mol. The summed E-state index contributed by atoms with van der Waals surface area (Å²) in [6, 6.07) is 16.7. The number of ether oxygens (including phenoxy) is 1. The van der Waals surface area contributed by atoms with Gasteiger partial charge in [0.15, 0.2) is 5.96 Å². The molecule has 6 nitrogen and oxygen atoms in total. The van der Waals surface area contributed by atoms with Crippen LogP contribution < -0.4 is 15.5 Å². The van der Waals surface area contributed by atoms with Crippen molar-refractivity contribution in [2.45, 2.75) is 32.3 Å². The van der Waals surface area contributed by atoms with Gasteiger partial charge >= 0.3 is 0 Å². The fraction of sp³-hybridized carbons (Fsp3) is 0.440. The minimum atomic E-state index is 0. The fourth-order valence-corrected chi connectivity index (χ4v) is 4.48. The minimum absolute atomic E-state index is 0. The summed E-state index contributed by atoms with van der Waals surface area (Å²) in [6.07, 6.45) is 3.17. The second kappa shape index (κ2) is 11.7. The number of hydrogen-bond acceptors (Lipinski definition) is 3. The second-order valence-corrected chi connectivity index (χ2v) is 8.34. The zero-order chi connectivity index (χ0) is 21.6. The summed E-state index contributed by atoms with van der Waals surface area (Å²) >= 11 is 0. The lowest BCUT2D eigenvalue weighted by Gasteiger charge is -2.32. The van der Waals surface area contributed by atoms with E-state index in [0.717, 1.165) is 44.6 Å². The number of carbonyl (C=O) groups is 1. The number of amides is 1. The minimum Gasteiger partial charge on any atom is -0.373 e. The molecule has 2 unspecified atom stereocenters. The SMILES string of the molecule is CN=C(NCC(=O)N1CCc2ccccc21)NCC1CCCOC1c1ccc(C)cc1.I. The molecule has 2 atom stereocenters. The molecule has 2 heterocycles. The number of nitrogens with zero attached hydrogens (tertiary/aromatic N) is 2. The number of hydrogen-bond donors (Lipinski definition) is 2. The molecule has 0 saturated carbocycles. The third-order valence-electron chi connectivity index (χ3n) is 6.20. The largest absolute Gasteiger partial charge is 0.373 e. The molecule has 0 bridgehead atoms. The van der Waals surface area contributed by atoms with Crippen LogP contribution in [0.1, 0.15) is 35.6 Å². The molecule has 2 aliphatic heterocycles. The Kier molecular flexibility index (Phi) is 8.92. The first kappa shape index (κ1) is 24.5. The molecule has 1 saturated heterocycles. The van der Waals surface area contributed by atoms with Gasteiger partial charge in [-0.25, -0.2) is 0 Å². The van der Waals surface area contributed by atoms with E-state index < -0.39 is 0 Å². The molecule has 7 heteroatoms. The van der Waals surface area contributed by atoms with Gasteiger partial charge in [-0.1, -0.05) is 48.0 Å². The van der Waals surface area contributed by atoms with Crippen LogP contribution in [0.25, 0.3) is 0 Å². The normalized spacial score (nSPS) is 20.3. The van der Waals surface area contributed by atoms with Crippen LogP contribution in [-0.2, 0) is 16.0 Å². The fourth-order valence-electron chi connectivity index (χ4n) is 4.48. The number of benzene rings is 2. The number of fused-ring (bicyclic) bond motifs is 1. The summed E-state index contributed by atoms with van der Waals surface area (Å²) in [5, 5.41) is 6.59. The molecule has 32 heavy (non-hydrogen) atoms. The van der Waals surface area contributed by atoms with E-state index in [9.17, 15) is 4.79 Å². The molecular weight excluding hydrogens is 515 g/mol. The van der Waals surface area contributed by atoms with Gasteiger partial charge in [-0.3, -0.25) is 9.79 Å². The number of halogens is 1. The zero-order valence-corrected chi connectivity index (χ0v) is 21.2. The molecular formula is C25H33IN4O2. The Bertz CT molecular complexity index is 932. The van der Waals surface area contributed by atoms with Gasteiger partial charge in [0, 0.05) is 38.3 Å². The van der Waals surface area contributed by atoms with Crippen LogP contribution in [0, 0.1) is 12.8 Å². The highest BCUT2D eigenvalue weighted by Gasteiger charge is 2.28. The van der Waals surface area contributed by atoms with Gasteiger partial charge in [0.1, 0.15) is 0 Å². The van der Waals surface area contributed by atoms with Gasteiger partial charge < -0.3 is 20.3 Å². The molecule has 2 N–H and O–H groups in total. The Balaban J connectivity index is 0.00000289. The average Bonchev–Trinajstić information content (AvgIpc) is 3.24. The van der Waals surface area contributed by atoms with Crippen LogP contribution in [0.3, 0.4) is 0 Å². The third-order valence-corrected chi connectivity index (χ3v) is 6.20. The zero-order valence-electron chi connectivity index (χ0n) is 18.8. The highest BCUT2D eigenvalue weighted by molar-refractivity contribution is 14.0. The molecule has 4 rings (SSSR count). The van der Waals surface area contributed by atoms with Crippen molar-refractivity contribution < 1.29 is 9.53 Å². The van der Waals surface area contributed by atoms with Crippen molar-refractivity contribution in [1.29, 1.82) is 0 Å². The van der Waals surface area contributed by atoms with Crippen LogP contribution in [0.5, 0.6) is 0 Å². The molecule has 0 aromatic heterocycles. The van der Waals surface area contributed by atoms with Crippen LogP contribution >= 0.6 is 24.0 Å². The number of anilines is 1. The summed E-state index contributed by atoms with van der Waals surface area (Å²) in [5.74, 6) is 1.07. The Morgan fingerprint density at radius 1 is 1.16 bits per heavy atom. The molecule has 0 radical (unpaired) electrons. The Hall–Kier alpha value is -2.13. The molecule has 0 spiro atoms. The molecule has 0 aliphatic carbocycles. The van der Waals surface area contributed by atoms with E-state index in [4.69, 9.17) is 4.74 Å². The van der Waals surface area contributed by atoms with E-state index in [1.165, 1.54) is 16.7 Å². The predicted molar refractivity (Wildman–Crippen MR) is 140 cm³/mol. The van der Waals surface area contributed by atoms with Crippen molar-refractivity contribution in [3.05, 3.63) is 65.2 Å². The van der Waals surface area contributed by atoms with Gasteiger partial charge in [0.25, 0.3) is 0 Å². The van der Waals surface area contributed by atoms with Gasteiger partial charge in [-0.15, -0.1) is 24.0 Å². The van der Waals surface area contributed by atoms with Crippen molar-refractivity contribution >= 4 is 41.5 Å². The van der Waals surface area contributed by atoms with Crippen molar-refractivity contribution in [3.63, 3.8) is 0 Å². The van der Waals surface area contributed by atoms with Gasteiger partial charge in [0.2, 0.25) is 5.91 Å². The third kappa shape index (κ3) is 5.81. The highest BCUT2D eigenvalue weighted by atomic mass is 127. The Morgan fingerprint density at radius 2 is 1.94 bits per heavy atom. The number of rotatable bonds is 5. The number of aryl methyl sites for hydroxylation is 1. The Labute approximate surface area is 207 Å². The first-order valence-electron chi connectivity index (χ1n) is 11.2. The lowest BCUT2D eigenvalue weighted by molar-refractivity contribution is -0.117.